The monoisotopic (exact) mass is 396 g/mol. The number of aliphatic hydroxyl groups excluding tert-OH is 1. The Morgan fingerprint density at radius 1 is 1.46 bits per heavy atom. The Hall–Kier alpha value is -2.30. The molecule has 1 aliphatic heterocycles. The van der Waals surface area contributed by atoms with E-state index in [4.69, 9.17) is 14.3 Å². The van der Waals surface area contributed by atoms with Gasteiger partial charge in [0.15, 0.2) is 6.10 Å². The molecule has 156 valence electrons. The Bertz CT molecular complexity index is 677. The number of nitrogens with zero attached hydrogens (tertiary/aromatic N) is 4. The van der Waals surface area contributed by atoms with E-state index in [9.17, 15) is 9.90 Å². The van der Waals surface area contributed by atoms with E-state index >= 15 is 0 Å². The summed E-state index contributed by atoms with van der Waals surface area (Å²) in [5.41, 5.74) is 0.594. The predicted molar refractivity (Wildman–Crippen MR) is 99.6 cm³/mol. The van der Waals surface area contributed by atoms with Gasteiger partial charge in [0.2, 0.25) is 0 Å². The largest absolute Gasteiger partial charge is 0.469 e. The maximum absolute atomic E-state index is 11.1. The fourth-order valence-corrected chi connectivity index (χ4v) is 2.65. The Balaban J connectivity index is 1.86. The molecule has 28 heavy (non-hydrogen) atoms. The van der Waals surface area contributed by atoms with E-state index in [1.165, 1.54) is 7.11 Å². The molecular weight excluding hydrogens is 368 g/mol. The third-order valence-corrected chi connectivity index (χ3v) is 4.47. The highest BCUT2D eigenvalue weighted by Crippen LogP contribution is 2.21. The second kappa shape index (κ2) is 10.9. The highest BCUT2D eigenvalue weighted by atomic mass is 16.6. The topological polar surface area (TPSA) is 117 Å². The van der Waals surface area contributed by atoms with Crippen molar-refractivity contribution in [1.82, 2.24) is 15.0 Å². The minimum absolute atomic E-state index is 0.0120. The molecular formula is C18H28N4O6. The summed E-state index contributed by atoms with van der Waals surface area (Å²) in [7, 11) is 2.93. The average Bonchev–Trinajstić information content (AvgIpc) is 3.33. The Morgan fingerprint density at radius 2 is 2.25 bits per heavy atom. The van der Waals surface area contributed by atoms with E-state index in [1.807, 2.05) is 13.0 Å². The van der Waals surface area contributed by atoms with Crippen molar-refractivity contribution in [3.63, 3.8) is 0 Å². The first-order chi connectivity index (χ1) is 13.5. The van der Waals surface area contributed by atoms with E-state index < -0.39 is 12.2 Å². The van der Waals surface area contributed by atoms with Gasteiger partial charge in [0, 0.05) is 13.0 Å². The number of oxime groups is 1. The quantitative estimate of drug-likeness (QED) is 0.270. The zero-order chi connectivity index (χ0) is 20.5. The summed E-state index contributed by atoms with van der Waals surface area (Å²) < 4.78 is 16.8. The Morgan fingerprint density at radius 3 is 2.89 bits per heavy atom. The smallest absolute Gasteiger partial charge is 0.309 e. The van der Waals surface area contributed by atoms with Gasteiger partial charge in [-0.3, -0.25) is 4.79 Å². The zero-order valence-corrected chi connectivity index (χ0v) is 16.6. The molecule has 0 spiro atoms. The summed E-state index contributed by atoms with van der Waals surface area (Å²) in [6.45, 7) is 4.43. The maximum Gasteiger partial charge on any atom is 0.309 e. The molecule has 0 amide bonds. The number of ether oxygens (including phenoxy) is 3. The highest BCUT2D eigenvalue weighted by molar-refractivity contribution is 5.71. The zero-order valence-electron chi connectivity index (χ0n) is 16.6. The molecule has 2 heterocycles. The van der Waals surface area contributed by atoms with E-state index in [0.717, 1.165) is 0 Å². The molecule has 2 rings (SSSR count). The maximum atomic E-state index is 11.1. The lowest BCUT2D eigenvalue weighted by molar-refractivity contribution is -0.139. The lowest BCUT2D eigenvalue weighted by atomic mass is 10.0. The van der Waals surface area contributed by atoms with Gasteiger partial charge >= 0.3 is 5.97 Å². The summed E-state index contributed by atoms with van der Waals surface area (Å²) in [5, 5.41) is 22.0. The summed E-state index contributed by atoms with van der Waals surface area (Å²) in [6, 6.07) is -0.243. The van der Waals surface area contributed by atoms with Gasteiger partial charge < -0.3 is 24.2 Å². The number of hydrogen-bond acceptors (Lipinski definition) is 9. The first-order valence-corrected chi connectivity index (χ1v) is 9.09. The number of hydrogen-bond donors (Lipinski definition) is 1. The van der Waals surface area contributed by atoms with E-state index in [2.05, 4.69) is 20.2 Å². The van der Waals surface area contributed by atoms with Crippen LogP contribution in [0.5, 0.6) is 0 Å². The molecule has 0 radical (unpaired) electrons. The average molecular weight is 396 g/mol. The molecule has 1 N–H and O–H groups in total. The number of carbonyl (C=O) groups is 1. The van der Waals surface area contributed by atoms with Gasteiger partial charge in [0.1, 0.15) is 23.9 Å². The first kappa shape index (κ1) is 22.0. The lowest BCUT2D eigenvalue weighted by Crippen LogP contribution is -2.22. The van der Waals surface area contributed by atoms with Crippen LogP contribution in [0.3, 0.4) is 0 Å². The number of methoxy groups -OCH3 is 2. The van der Waals surface area contributed by atoms with Crippen LogP contribution in [0, 0.1) is 5.92 Å². The third-order valence-electron chi connectivity index (χ3n) is 4.47. The van der Waals surface area contributed by atoms with Crippen LogP contribution in [-0.4, -0.2) is 71.9 Å². The minimum Gasteiger partial charge on any atom is -0.469 e. The summed E-state index contributed by atoms with van der Waals surface area (Å²) in [5.74, 6) is -0.310. The van der Waals surface area contributed by atoms with Gasteiger partial charge in [-0.1, -0.05) is 29.4 Å². The Kier molecular flexibility index (Phi) is 8.55. The van der Waals surface area contributed by atoms with Gasteiger partial charge in [0.25, 0.3) is 0 Å². The summed E-state index contributed by atoms with van der Waals surface area (Å²) in [6.07, 6.45) is 5.74. The SMILES string of the molecule is COC(=O)C/C=C\[C@@H](C)[C@@H](/C=N\O[C@@H](C)c1cn([C@H]2COC[C@H]2O)nn1)OC. The van der Waals surface area contributed by atoms with Crippen molar-refractivity contribution in [3.8, 4) is 0 Å². The second-order valence-corrected chi connectivity index (χ2v) is 6.57. The molecule has 1 saturated heterocycles. The van der Waals surface area contributed by atoms with Crippen LogP contribution in [-0.2, 0) is 23.8 Å². The standard InChI is InChI=1S/C18H28N4O6/c1-12(6-5-7-18(24)26-4)17(25-3)8-19-28-13(2)14-9-22(21-20-14)15-10-27-11-16(15)23/h5-6,8-9,12-13,15-17,23H,7,10-11H2,1-4H3/b6-5-,19-8-/t12-,13+,15+,16-,17-/m1/s1. The van der Waals surface area contributed by atoms with E-state index in [-0.39, 0.29) is 30.5 Å². The van der Waals surface area contributed by atoms with Crippen molar-refractivity contribution in [2.24, 2.45) is 11.1 Å². The molecule has 0 aliphatic carbocycles. The molecule has 0 saturated carbocycles. The molecule has 10 nitrogen and oxygen atoms in total. The van der Waals surface area contributed by atoms with E-state index in [0.29, 0.717) is 18.9 Å². The molecule has 1 aromatic heterocycles. The van der Waals surface area contributed by atoms with Crippen LogP contribution < -0.4 is 0 Å². The number of esters is 1. The van der Waals surface area contributed by atoms with Gasteiger partial charge in [0.05, 0.1) is 39.2 Å². The lowest BCUT2D eigenvalue weighted by Gasteiger charge is -2.15. The van der Waals surface area contributed by atoms with Crippen LogP contribution >= 0.6 is 0 Å². The molecule has 1 aromatic rings. The number of aliphatic hydroxyl groups is 1. The van der Waals surface area contributed by atoms with Gasteiger partial charge in [-0.2, -0.15) is 0 Å². The van der Waals surface area contributed by atoms with Crippen molar-refractivity contribution in [1.29, 1.82) is 0 Å². The summed E-state index contributed by atoms with van der Waals surface area (Å²) >= 11 is 0. The number of carbonyl (C=O) groups excluding carboxylic acids is 1. The van der Waals surface area contributed by atoms with Gasteiger partial charge in [-0.15, -0.1) is 5.10 Å². The molecule has 0 bridgehead atoms. The summed E-state index contributed by atoms with van der Waals surface area (Å²) in [4.78, 5) is 16.6. The normalized spacial score (nSPS) is 23.2. The van der Waals surface area contributed by atoms with Crippen molar-refractivity contribution in [2.75, 3.05) is 27.4 Å². The fourth-order valence-electron chi connectivity index (χ4n) is 2.65. The number of aromatic nitrogens is 3. The first-order valence-electron chi connectivity index (χ1n) is 9.09. The van der Waals surface area contributed by atoms with Crippen molar-refractivity contribution >= 4 is 12.2 Å². The third kappa shape index (κ3) is 6.11. The molecule has 5 atom stereocenters. The van der Waals surface area contributed by atoms with Gasteiger partial charge in [-0.05, 0) is 6.92 Å². The predicted octanol–water partition coefficient (Wildman–Crippen LogP) is 1.04. The van der Waals surface area contributed by atoms with Crippen LogP contribution in [0.4, 0.5) is 0 Å². The molecule has 10 heteroatoms. The fraction of sp³-hybridized carbons (Fsp3) is 0.667. The Labute approximate surface area is 164 Å². The van der Waals surface area contributed by atoms with Crippen LogP contribution in [0.15, 0.2) is 23.5 Å². The number of rotatable bonds is 10. The van der Waals surface area contributed by atoms with Crippen LogP contribution in [0.25, 0.3) is 0 Å². The van der Waals surface area contributed by atoms with Crippen LogP contribution in [0.1, 0.15) is 38.1 Å². The molecule has 0 unspecified atom stereocenters. The van der Waals surface area contributed by atoms with Crippen molar-refractivity contribution in [3.05, 3.63) is 24.0 Å². The van der Waals surface area contributed by atoms with Crippen LogP contribution in [0.2, 0.25) is 0 Å². The van der Waals surface area contributed by atoms with Crippen molar-refractivity contribution in [2.45, 2.75) is 44.6 Å². The highest BCUT2D eigenvalue weighted by Gasteiger charge is 2.29. The second-order valence-electron chi connectivity index (χ2n) is 6.57. The van der Waals surface area contributed by atoms with Gasteiger partial charge in [-0.25, -0.2) is 4.68 Å². The van der Waals surface area contributed by atoms with E-state index in [1.54, 1.807) is 37.2 Å². The molecule has 1 fully saturated rings. The minimum atomic E-state index is -0.597. The van der Waals surface area contributed by atoms with Crippen molar-refractivity contribution < 1.29 is 28.9 Å². The molecule has 0 aromatic carbocycles. The molecule has 1 aliphatic rings.